The minimum Gasteiger partial charge on any atom is -0.293 e. The van der Waals surface area contributed by atoms with Crippen LogP contribution < -0.4 is 0 Å². The fourth-order valence-electron chi connectivity index (χ4n) is 1.00. The first-order chi connectivity index (χ1) is 6.40. The predicted molar refractivity (Wildman–Crippen MR) is 63.2 cm³/mol. The topological polar surface area (TPSA) is 51.2 Å². The first-order valence-corrected chi connectivity index (χ1v) is 6.99. The number of carbonyl (C=O) groups excluding carboxylic acids is 1. The highest BCUT2D eigenvalue weighted by atomic mass is 127. The van der Waals surface area contributed by atoms with Crippen LogP contribution in [0, 0.1) is 3.57 Å². The minimum absolute atomic E-state index is 0.350. The Hall–Kier alpha value is -0.430. The van der Waals surface area contributed by atoms with Crippen LogP contribution in [0.2, 0.25) is 0 Å². The highest BCUT2D eigenvalue weighted by Gasteiger charge is 2.14. The van der Waals surface area contributed by atoms with Crippen LogP contribution in [0.3, 0.4) is 0 Å². The molecule has 0 amide bonds. The first kappa shape index (κ1) is 11.6. The third-order valence-electron chi connectivity index (χ3n) is 1.57. The Bertz CT molecular complexity index is 451. The molecule has 3 nitrogen and oxygen atoms in total. The zero-order chi connectivity index (χ0) is 10.8. The molecule has 0 fully saturated rings. The zero-order valence-electron chi connectivity index (χ0n) is 7.53. The van der Waals surface area contributed by atoms with Crippen molar-refractivity contribution in [3.63, 3.8) is 0 Å². The van der Waals surface area contributed by atoms with Crippen molar-refractivity contribution in [2.45, 2.75) is 0 Å². The van der Waals surface area contributed by atoms with E-state index in [1.54, 1.807) is 24.3 Å². The first-order valence-electron chi connectivity index (χ1n) is 3.85. The summed E-state index contributed by atoms with van der Waals surface area (Å²) in [4.78, 5) is 11.5. The van der Waals surface area contributed by atoms with Gasteiger partial charge in [-0.1, -0.05) is 18.2 Å². The van der Waals surface area contributed by atoms with E-state index in [-0.39, 0.29) is 5.78 Å². The standard InChI is InChI=1S/C9H9IO3S/c1-14(12,13)6-9(11)7-4-2-3-5-8(7)10/h2-5H,6H2,1H3. The largest absolute Gasteiger partial charge is 0.293 e. The second-order valence-electron chi connectivity index (χ2n) is 2.97. The van der Waals surface area contributed by atoms with Crippen molar-refractivity contribution in [3.05, 3.63) is 33.4 Å². The van der Waals surface area contributed by atoms with Crippen LogP contribution in [0.1, 0.15) is 10.4 Å². The summed E-state index contributed by atoms with van der Waals surface area (Å²) < 4.78 is 22.6. The summed E-state index contributed by atoms with van der Waals surface area (Å²) in [5, 5.41) is 0. The fraction of sp³-hybridized carbons (Fsp3) is 0.222. The number of halogens is 1. The molecule has 0 aliphatic rings. The average molecular weight is 324 g/mol. The lowest BCUT2D eigenvalue weighted by molar-refractivity contribution is 0.102. The maximum atomic E-state index is 11.5. The Morgan fingerprint density at radius 3 is 2.43 bits per heavy atom. The van der Waals surface area contributed by atoms with Gasteiger partial charge >= 0.3 is 0 Å². The van der Waals surface area contributed by atoms with Crippen molar-refractivity contribution < 1.29 is 13.2 Å². The van der Waals surface area contributed by atoms with Crippen molar-refractivity contribution in [1.29, 1.82) is 0 Å². The normalized spacial score (nSPS) is 11.3. The molecule has 0 saturated carbocycles. The lowest BCUT2D eigenvalue weighted by atomic mass is 10.2. The maximum Gasteiger partial charge on any atom is 0.178 e. The summed E-state index contributed by atoms with van der Waals surface area (Å²) in [7, 11) is -3.24. The Kier molecular flexibility index (Phi) is 3.65. The zero-order valence-corrected chi connectivity index (χ0v) is 10.5. The van der Waals surface area contributed by atoms with Crippen molar-refractivity contribution in [2.24, 2.45) is 0 Å². The molecule has 0 radical (unpaired) electrons. The van der Waals surface area contributed by atoms with Crippen molar-refractivity contribution >= 4 is 38.2 Å². The summed E-state index contributed by atoms with van der Waals surface area (Å²) in [6, 6.07) is 6.93. The molecule has 0 heterocycles. The van der Waals surface area contributed by atoms with Gasteiger partial charge in [-0.05, 0) is 28.7 Å². The Labute approximate surface area is 96.6 Å². The maximum absolute atomic E-state index is 11.5. The number of Topliss-reactive ketones (excluding diaryl/α,β-unsaturated/α-hetero) is 1. The smallest absolute Gasteiger partial charge is 0.178 e. The van der Waals surface area contributed by atoms with E-state index in [0.717, 1.165) is 9.83 Å². The van der Waals surface area contributed by atoms with E-state index in [4.69, 9.17) is 0 Å². The molecule has 0 bridgehead atoms. The Morgan fingerprint density at radius 2 is 1.93 bits per heavy atom. The van der Waals surface area contributed by atoms with Gasteiger partial charge in [-0.15, -0.1) is 0 Å². The van der Waals surface area contributed by atoms with Crippen LogP contribution in [-0.2, 0) is 9.84 Å². The molecule has 0 saturated heterocycles. The lowest BCUT2D eigenvalue weighted by Crippen LogP contribution is -2.15. The fourth-order valence-corrected chi connectivity index (χ4v) is 2.32. The van der Waals surface area contributed by atoms with Gasteiger partial charge in [-0.3, -0.25) is 4.79 Å². The highest BCUT2D eigenvalue weighted by molar-refractivity contribution is 14.1. The number of hydrogen-bond acceptors (Lipinski definition) is 3. The van der Waals surface area contributed by atoms with Crippen molar-refractivity contribution in [3.8, 4) is 0 Å². The van der Waals surface area contributed by atoms with E-state index in [1.165, 1.54) is 0 Å². The second-order valence-corrected chi connectivity index (χ2v) is 6.28. The van der Waals surface area contributed by atoms with Gasteiger partial charge in [-0.2, -0.15) is 0 Å². The van der Waals surface area contributed by atoms with Gasteiger partial charge < -0.3 is 0 Å². The monoisotopic (exact) mass is 324 g/mol. The van der Waals surface area contributed by atoms with E-state index in [2.05, 4.69) is 0 Å². The lowest BCUT2D eigenvalue weighted by Gasteiger charge is -2.01. The van der Waals surface area contributed by atoms with E-state index >= 15 is 0 Å². The summed E-state index contributed by atoms with van der Waals surface area (Å²) in [5.74, 6) is -0.773. The van der Waals surface area contributed by atoms with E-state index in [9.17, 15) is 13.2 Å². The predicted octanol–water partition coefficient (Wildman–Crippen LogP) is 1.52. The van der Waals surface area contributed by atoms with Gasteiger partial charge in [0.1, 0.15) is 5.75 Å². The molecule has 76 valence electrons. The van der Waals surface area contributed by atoms with Gasteiger partial charge in [0.25, 0.3) is 0 Å². The number of hydrogen-bond donors (Lipinski definition) is 0. The molecule has 0 aromatic heterocycles. The third-order valence-corrected chi connectivity index (χ3v) is 3.29. The molecular formula is C9H9IO3S. The number of ketones is 1. The SMILES string of the molecule is CS(=O)(=O)CC(=O)c1ccccc1I. The van der Waals surface area contributed by atoms with Crippen LogP contribution in [0.4, 0.5) is 0 Å². The molecule has 1 rings (SSSR count). The summed E-state index contributed by atoms with van der Waals surface area (Å²) in [6.07, 6.45) is 1.06. The van der Waals surface area contributed by atoms with Crippen molar-refractivity contribution in [2.75, 3.05) is 12.0 Å². The summed E-state index contributed by atoms with van der Waals surface area (Å²) in [5.41, 5.74) is 0.471. The van der Waals surface area contributed by atoms with Crippen molar-refractivity contribution in [1.82, 2.24) is 0 Å². The van der Waals surface area contributed by atoms with Gasteiger partial charge in [0, 0.05) is 15.4 Å². The quantitative estimate of drug-likeness (QED) is 0.626. The summed E-state index contributed by atoms with van der Waals surface area (Å²) in [6.45, 7) is 0. The number of sulfone groups is 1. The molecule has 0 spiro atoms. The minimum atomic E-state index is -3.24. The van der Waals surface area contributed by atoms with E-state index in [0.29, 0.717) is 5.56 Å². The van der Waals surface area contributed by atoms with Crippen LogP contribution in [0.5, 0.6) is 0 Å². The molecule has 5 heteroatoms. The van der Waals surface area contributed by atoms with Gasteiger partial charge in [0.15, 0.2) is 15.6 Å². The molecule has 14 heavy (non-hydrogen) atoms. The van der Waals surface area contributed by atoms with Gasteiger partial charge in [-0.25, -0.2) is 8.42 Å². The number of rotatable bonds is 3. The molecule has 1 aromatic rings. The van der Waals surface area contributed by atoms with Gasteiger partial charge in [0.05, 0.1) is 0 Å². The summed E-state index contributed by atoms with van der Waals surface area (Å²) >= 11 is 2.01. The Balaban J connectivity index is 2.97. The van der Waals surface area contributed by atoms with Crippen LogP contribution in [0.15, 0.2) is 24.3 Å². The second kappa shape index (κ2) is 4.39. The van der Waals surface area contributed by atoms with Crippen LogP contribution in [-0.4, -0.2) is 26.2 Å². The van der Waals surface area contributed by atoms with Gasteiger partial charge in [0.2, 0.25) is 0 Å². The molecule has 0 unspecified atom stereocenters. The highest BCUT2D eigenvalue weighted by Crippen LogP contribution is 2.12. The third kappa shape index (κ3) is 3.38. The number of carbonyl (C=O) groups is 1. The van der Waals surface area contributed by atoms with E-state index in [1.807, 2.05) is 22.6 Å². The number of benzene rings is 1. The molecule has 0 atom stereocenters. The molecule has 0 aliphatic heterocycles. The molecule has 0 N–H and O–H groups in total. The molecule has 1 aromatic carbocycles. The van der Waals surface area contributed by atoms with Crippen LogP contribution >= 0.6 is 22.6 Å². The molecular weight excluding hydrogens is 315 g/mol. The molecule has 0 aliphatic carbocycles. The van der Waals surface area contributed by atoms with E-state index < -0.39 is 15.6 Å². The van der Waals surface area contributed by atoms with Crippen LogP contribution in [0.25, 0.3) is 0 Å². The Morgan fingerprint density at radius 1 is 1.36 bits per heavy atom. The average Bonchev–Trinajstić information content (AvgIpc) is 2.01.